The van der Waals surface area contributed by atoms with E-state index in [1.807, 2.05) is 40.3 Å². The molecular weight excluding hydrogens is 469 g/mol. The molecule has 1 fully saturated rings. The molecule has 4 aromatic rings. The van der Waals surface area contributed by atoms with Crippen LogP contribution in [-0.2, 0) is 11.2 Å². The number of benzene rings is 3. The van der Waals surface area contributed by atoms with Gasteiger partial charge in [0.05, 0.1) is 5.69 Å². The Labute approximate surface area is 215 Å². The topological polar surface area (TPSA) is 57.8 Å². The summed E-state index contributed by atoms with van der Waals surface area (Å²) in [7, 11) is 0. The van der Waals surface area contributed by atoms with Crippen molar-refractivity contribution in [3.8, 4) is 11.5 Å². The average molecular weight is 500 g/mol. The van der Waals surface area contributed by atoms with Crippen molar-refractivity contribution in [3.05, 3.63) is 89.4 Å². The number of aryl methyl sites for hydroxylation is 1. The largest absolute Gasteiger partial charge is 0.454 e. The van der Waals surface area contributed by atoms with Crippen molar-refractivity contribution >= 4 is 22.5 Å². The first-order chi connectivity index (χ1) is 18.1. The molecule has 0 aliphatic carbocycles. The van der Waals surface area contributed by atoms with Gasteiger partial charge in [-0.15, -0.1) is 0 Å². The van der Waals surface area contributed by atoms with E-state index in [1.165, 1.54) is 11.6 Å². The van der Waals surface area contributed by atoms with Gasteiger partial charge >= 0.3 is 0 Å². The lowest BCUT2D eigenvalue weighted by Crippen LogP contribution is -2.49. The first kappa shape index (κ1) is 23.4. The summed E-state index contributed by atoms with van der Waals surface area (Å²) >= 11 is 0. The number of para-hydroxylation sites is 2. The van der Waals surface area contributed by atoms with Crippen LogP contribution < -0.4 is 14.4 Å². The van der Waals surface area contributed by atoms with Crippen LogP contribution >= 0.6 is 0 Å². The maximum Gasteiger partial charge on any atom is 0.231 e. The number of aromatic amines is 1. The first-order valence-electron chi connectivity index (χ1n) is 12.9. The molecule has 2 aliphatic rings. The van der Waals surface area contributed by atoms with Gasteiger partial charge in [-0.1, -0.05) is 43.3 Å². The van der Waals surface area contributed by atoms with Crippen LogP contribution in [0.3, 0.4) is 0 Å². The zero-order valence-corrected chi connectivity index (χ0v) is 20.9. The number of H-pyrrole nitrogens is 1. The lowest BCUT2D eigenvalue weighted by atomic mass is 9.87. The summed E-state index contributed by atoms with van der Waals surface area (Å²) in [4.78, 5) is 21.0. The van der Waals surface area contributed by atoms with E-state index in [2.05, 4.69) is 30.1 Å². The fourth-order valence-corrected chi connectivity index (χ4v) is 5.57. The highest BCUT2D eigenvalue weighted by Crippen LogP contribution is 2.40. The molecular formula is C30H30FN3O3. The third kappa shape index (κ3) is 4.39. The van der Waals surface area contributed by atoms with Gasteiger partial charge in [-0.05, 0) is 47.4 Å². The predicted octanol–water partition coefficient (Wildman–Crippen LogP) is 5.47. The molecule has 190 valence electrons. The van der Waals surface area contributed by atoms with Gasteiger partial charge < -0.3 is 24.3 Å². The van der Waals surface area contributed by atoms with Gasteiger partial charge in [0.1, 0.15) is 5.82 Å². The molecule has 37 heavy (non-hydrogen) atoms. The molecule has 6 nitrogen and oxygen atoms in total. The van der Waals surface area contributed by atoms with Gasteiger partial charge in [0, 0.05) is 55.6 Å². The maximum atomic E-state index is 14.3. The highest BCUT2D eigenvalue weighted by Gasteiger charge is 2.28. The van der Waals surface area contributed by atoms with Crippen molar-refractivity contribution in [1.29, 1.82) is 0 Å². The molecule has 0 unspecified atom stereocenters. The number of carbonyl (C=O) groups is 1. The molecule has 3 heterocycles. The van der Waals surface area contributed by atoms with Crippen LogP contribution in [0.4, 0.5) is 10.1 Å². The Morgan fingerprint density at radius 3 is 2.62 bits per heavy atom. The monoisotopic (exact) mass is 499 g/mol. The third-order valence-electron chi connectivity index (χ3n) is 7.59. The van der Waals surface area contributed by atoms with Crippen molar-refractivity contribution in [2.75, 3.05) is 37.9 Å². The molecule has 2 aliphatic heterocycles. The number of amides is 1. The summed E-state index contributed by atoms with van der Waals surface area (Å²) in [5.74, 6) is 1.16. The van der Waals surface area contributed by atoms with Crippen molar-refractivity contribution in [1.82, 2.24) is 9.88 Å². The fraction of sp³-hybridized carbons (Fsp3) is 0.300. The van der Waals surface area contributed by atoms with E-state index in [1.54, 1.807) is 12.1 Å². The normalized spacial score (nSPS) is 15.8. The van der Waals surface area contributed by atoms with Gasteiger partial charge in [0.25, 0.3) is 0 Å². The highest BCUT2D eigenvalue weighted by atomic mass is 19.1. The summed E-state index contributed by atoms with van der Waals surface area (Å²) in [5.41, 5.74) is 5.09. The number of hydrogen-bond acceptors (Lipinski definition) is 4. The lowest BCUT2D eigenvalue weighted by Gasteiger charge is -2.36. The average Bonchev–Trinajstić information content (AvgIpc) is 3.59. The SMILES string of the molecule is CCc1cccc2c([C@@H](CC(=O)N3CCN(c4ccccc4F)CC3)c3ccc4c(c3)OCO4)c[nH]c12. The number of aromatic nitrogens is 1. The molecule has 0 spiro atoms. The molecule has 0 radical (unpaired) electrons. The van der Waals surface area contributed by atoms with Crippen molar-refractivity contribution in [2.45, 2.75) is 25.7 Å². The minimum atomic E-state index is -0.226. The lowest BCUT2D eigenvalue weighted by molar-refractivity contribution is -0.131. The standard InChI is InChI=1S/C30H30FN3O3/c1-2-20-6-5-7-22-24(18-32-30(20)22)23(21-10-11-27-28(16-21)37-19-36-27)17-29(35)34-14-12-33(13-15-34)26-9-4-3-8-25(26)31/h3-11,16,18,23,32H,2,12-15,17,19H2,1H3/t23-/m0/s1. The zero-order chi connectivity index (χ0) is 25.4. The van der Waals surface area contributed by atoms with Crippen LogP contribution in [0.1, 0.15) is 36.0 Å². The van der Waals surface area contributed by atoms with Gasteiger partial charge in [-0.25, -0.2) is 4.39 Å². The van der Waals surface area contributed by atoms with Crippen LogP contribution in [0.2, 0.25) is 0 Å². The van der Waals surface area contributed by atoms with E-state index >= 15 is 0 Å². The van der Waals surface area contributed by atoms with E-state index in [0.717, 1.165) is 34.2 Å². The number of carbonyl (C=O) groups excluding carboxylic acids is 1. The molecule has 7 heteroatoms. The molecule has 1 amide bonds. The number of fused-ring (bicyclic) bond motifs is 2. The third-order valence-corrected chi connectivity index (χ3v) is 7.59. The van der Waals surface area contributed by atoms with Crippen molar-refractivity contribution in [2.24, 2.45) is 0 Å². The minimum Gasteiger partial charge on any atom is -0.454 e. The highest BCUT2D eigenvalue weighted by molar-refractivity contribution is 5.88. The quantitative estimate of drug-likeness (QED) is 0.382. The molecule has 6 rings (SSSR count). The predicted molar refractivity (Wildman–Crippen MR) is 142 cm³/mol. The number of ether oxygens (including phenoxy) is 2. The molecule has 1 atom stereocenters. The summed E-state index contributed by atoms with van der Waals surface area (Å²) in [6.45, 7) is 4.70. The molecule has 1 N–H and O–H groups in total. The maximum absolute atomic E-state index is 14.3. The Balaban J connectivity index is 1.27. The van der Waals surface area contributed by atoms with E-state index in [-0.39, 0.29) is 24.4 Å². The smallest absolute Gasteiger partial charge is 0.231 e. The van der Waals surface area contributed by atoms with Crippen LogP contribution in [0.15, 0.2) is 66.9 Å². The van der Waals surface area contributed by atoms with E-state index in [0.29, 0.717) is 44.0 Å². The fourth-order valence-electron chi connectivity index (χ4n) is 5.57. The second kappa shape index (κ2) is 9.81. The summed E-state index contributed by atoms with van der Waals surface area (Å²) < 4.78 is 25.5. The first-order valence-corrected chi connectivity index (χ1v) is 12.9. The molecule has 0 bridgehead atoms. The van der Waals surface area contributed by atoms with Gasteiger partial charge in [0.15, 0.2) is 11.5 Å². The van der Waals surface area contributed by atoms with Crippen LogP contribution in [0.25, 0.3) is 10.9 Å². The van der Waals surface area contributed by atoms with E-state index < -0.39 is 0 Å². The van der Waals surface area contributed by atoms with Gasteiger partial charge in [0.2, 0.25) is 12.7 Å². The molecule has 1 saturated heterocycles. The van der Waals surface area contributed by atoms with Crippen molar-refractivity contribution < 1.29 is 18.7 Å². The number of rotatable bonds is 6. The Morgan fingerprint density at radius 2 is 1.81 bits per heavy atom. The van der Waals surface area contributed by atoms with Crippen LogP contribution in [0.5, 0.6) is 11.5 Å². The Bertz CT molecular complexity index is 1440. The number of piperazine rings is 1. The second-order valence-corrected chi connectivity index (χ2v) is 9.63. The van der Waals surface area contributed by atoms with Crippen LogP contribution in [-0.4, -0.2) is 48.8 Å². The van der Waals surface area contributed by atoms with Crippen LogP contribution in [0, 0.1) is 5.82 Å². The van der Waals surface area contributed by atoms with E-state index in [9.17, 15) is 9.18 Å². The Kier molecular flexibility index (Phi) is 6.20. The van der Waals surface area contributed by atoms with Gasteiger partial charge in [-0.3, -0.25) is 4.79 Å². The van der Waals surface area contributed by atoms with Gasteiger partial charge in [-0.2, -0.15) is 0 Å². The Hall–Kier alpha value is -4.00. The number of nitrogens with zero attached hydrogens (tertiary/aromatic N) is 2. The number of anilines is 1. The number of hydrogen-bond donors (Lipinski definition) is 1. The second-order valence-electron chi connectivity index (χ2n) is 9.63. The Morgan fingerprint density at radius 1 is 1.00 bits per heavy atom. The number of halogens is 1. The minimum absolute atomic E-state index is 0.0943. The summed E-state index contributed by atoms with van der Waals surface area (Å²) in [6.07, 6.45) is 3.31. The van der Waals surface area contributed by atoms with Crippen molar-refractivity contribution in [3.63, 3.8) is 0 Å². The van der Waals surface area contributed by atoms with E-state index in [4.69, 9.17) is 9.47 Å². The molecule has 0 saturated carbocycles. The number of nitrogens with one attached hydrogen (secondary N) is 1. The molecule has 1 aromatic heterocycles. The molecule has 3 aromatic carbocycles. The summed E-state index contributed by atoms with van der Waals surface area (Å²) in [5, 5.41) is 1.14. The summed E-state index contributed by atoms with van der Waals surface area (Å²) in [6, 6.07) is 19.1. The zero-order valence-electron chi connectivity index (χ0n) is 20.9.